The summed E-state index contributed by atoms with van der Waals surface area (Å²) >= 11 is 6.71. The molecule has 4 heterocycles. The summed E-state index contributed by atoms with van der Waals surface area (Å²) in [5.74, 6) is 0.376. The Morgan fingerprint density at radius 2 is 1.88 bits per heavy atom. The molecule has 7 nitrogen and oxygen atoms in total. The number of hydrogen-bond acceptors (Lipinski definition) is 7. The molecule has 2 saturated heterocycles. The number of carbonyl (C=O) groups excluding carboxylic acids is 1. The van der Waals surface area contributed by atoms with Crippen LogP contribution in [0.4, 0.5) is 5.82 Å². The Hall–Kier alpha value is -3.01. The van der Waals surface area contributed by atoms with Crippen LogP contribution in [0.15, 0.2) is 58.4 Å². The molecule has 3 aromatic rings. The Bertz CT molecular complexity index is 1330. The molecule has 0 bridgehead atoms. The van der Waals surface area contributed by atoms with E-state index in [4.69, 9.17) is 21.9 Å². The second kappa shape index (κ2) is 9.09. The lowest BCUT2D eigenvalue weighted by Crippen LogP contribution is -2.38. The van der Waals surface area contributed by atoms with E-state index >= 15 is 0 Å². The summed E-state index contributed by atoms with van der Waals surface area (Å²) < 4.78 is 7.50. The molecule has 2 aromatic heterocycles. The summed E-state index contributed by atoms with van der Waals surface area (Å²) in [5.41, 5.74) is 2.69. The number of thiocarbonyl (C=S) groups is 1. The second-order valence-electron chi connectivity index (χ2n) is 7.89. The predicted octanol–water partition coefficient (Wildman–Crippen LogP) is 3.24. The fourth-order valence-electron chi connectivity index (χ4n) is 3.98. The number of fused-ring (bicyclic) bond motifs is 1. The van der Waals surface area contributed by atoms with Crippen molar-refractivity contribution in [2.75, 3.05) is 31.2 Å². The van der Waals surface area contributed by atoms with Gasteiger partial charge in [-0.25, -0.2) is 4.98 Å². The van der Waals surface area contributed by atoms with E-state index in [0.717, 1.165) is 11.1 Å². The van der Waals surface area contributed by atoms with E-state index in [1.54, 1.807) is 17.2 Å². The first-order chi connectivity index (χ1) is 16.0. The smallest absolute Gasteiger partial charge is 0.267 e. The van der Waals surface area contributed by atoms with Gasteiger partial charge >= 0.3 is 0 Å². The molecular formula is C24H22N4O3S2. The maximum absolute atomic E-state index is 13.5. The first-order valence-corrected chi connectivity index (χ1v) is 11.9. The number of amides is 1. The van der Waals surface area contributed by atoms with Gasteiger partial charge in [0, 0.05) is 19.3 Å². The fourth-order valence-corrected chi connectivity index (χ4v) is 5.21. The summed E-state index contributed by atoms with van der Waals surface area (Å²) in [6.45, 7) is 4.71. The largest absolute Gasteiger partial charge is 0.378 e. The quantitative estimate of drug-likeness (QED) is 0.421. The highest BCUT2D eigenvalue weighted by molar-refractivity contribution is 8.26. The van der Waals surface area contributed by atoms with Crippen LogP contribution in [0.5, 0.6) is 0 Å². The van der Waals surface area contributed by atoms with E-state index in [-0.39, 0.29) is 11.5 Å². The molecule has 0 aliphatic carbocycles. The molecule has 5 rings (SSSR count). The second-order valence-corrected chi connectivity index (χ2v) is 9.57. The number of aromatic nitrogens is 2. The molecule has 2 fully saturated rings. The lowest BCUT2D eigenvalue weighted by Gasteiger charge is -2.29. The topological polar surface area (TPSA) is 67.2 Å². The van der Waals surface area contributed by atoms with Crippen LogP contribution < -0.4 is 10.5 Å². The van der Waals surface area contributed by atoms with Crippen LogP contribution >= 0.6 is 24.0 Å². The molecule has 1 aromatic carbocycles. The molecule has 0 atom stereocenters. The first kappa shape index (κ1) is 21.8. The highest BCUT2D eigenvalue weighted by Gasteiger charge is 2.33. The van der Waals surface area contributed by atoms with Gasteiger partial charge in [-0.05, 0) is 30.2 Å². The number of nitrogens with zero attached hydrogens (tertiary/aromatic N) is 4. The number of rotatable bonds is 4. The number of ether oxygens (including phenoxy) is 1. The number of carbonyl (C=O) groups is 1. The predicted molar refractivity (Wildman–Crippen MR) is 134 cm³/mol. The summed E-state index contributed by atoms with van der Waals surface area (Å²) in [6.07, 6.45) is 3.36. The summed E-state index contributed by atoms with van der Waals surface area (Å²) in [4.78, 5) is 35.7. The van der Waals surface area contributed by atoms with Crippen LogP contribution in [0.2, 0.25) is 0 Å². The van der Waals surface area contributed by atoms with Gasteiger partial charge in [-0.3, -0.25) is 18.9 Å². The summed E-state index contributed by atoms with van der Waals surface area (Å²) in [7, 11) is 0. The molecule has 168 valence electrons. The van der Waals surface area contributed by atoms with Crippen LogP contribution in [0.3, 0.4) is 0 Å². The number of anilines is 1. The third kappa shape index (κ3) is 4.19. The Balaban J connectivity index is 1.59. The zero-order valence-electron chi connectivity index (χ0n) is 18.1. The van der Waals surface area contributed by atoms with Crippen molar-refractivity contribution in [3.63, 3.8) is 0 Å². The normalized spacial score (nSPS) is 18.0. The van der Waals surface area contributed by atoms with Gasteiger partial charge in [0.15, 0.2) is 0 Å². The zero-order valence-corrected chi connectivity index (χ0v) is 19.7. The van der Waals surface area contributed by atoms with Crippen molar-refractivity contribution in [1.82, 2.24) is 14.3 Å². The Kier molecular flexibility index (Phi) is 6.01. The number of benzene rings is 1. The molecule has 0 unspecified atom stereocenters. The molecule has 1 amide bonds. The van der Waals surface area contributed by atoms with Crippen molar-refractivity contribution in [1.29, 1.82) is 0 Å². The number of thioether (sulfide) groups is 1. The van der Waals surface area contributed by atoms with Crippen LogP contribution in [-0.2, 0) is 16.1 Å². The molecule has 2 aliphatic rings. The van der Waals surface area contributed by atoms with E-state index in [1.807, 2.05) is 54.3 Å². The maximum atomic E-state index is 13.5. The SMILES string of the molecule is Cc1cccn2c(=O)c(/C=C3\SC(=S)N(Cc4ccccc4)C3=O)c(N3CCOCC3)nc12. The van der Waals surface area contributed by atoms with Gasteiger partial charge < -0.3 is 9.64 Å². The molecule has 0 spiro atoms. The van der Waals surface area contributed by atoms with Crippen LogP contribution in [0.1, 0.15) is 16.7 Å². The molecule has 0 N–H and O–H groups in total. The lowest BCUT2D eigenvalue weighted by atomic mass is 10.2. The van der Waals surface area contributed by atoms with Crippen molar-refractivity contribution in [3.8, 4) is 0 Å². The Labute approximate surface area is 200 Å². The fraction of sp³-hybridized carbons (Fsp3) is 0.250. The third-order valence-corrected chi connectivity index (χ3v) is 7.09. The van der Waals surface area contributed by atoms with Crippen LogP contribution in [0.25, 0.3) is 11.7 Å². The van der Waals surface area contributed by atoms with Crippen molar-refractivity contribution >= 4 is 51.7 Å². The summed E-state index contributed by atoms with van der Waals surface area (Å²) in [5, 5.41) is 0. The van der Waals surface area contributed by atoms with Gasteiger partial charge in [-0.15, -0.1) is 0 Å². The average molecular weight is 479 g/mol. The number of pyridine rings is 1. The minimum atomic E-state index is -0.210. The standard InChI is InChI=1S/C24H22N4O3S2/c1-16-6-5-9-27-20(16)25-21(26-10-12-31-13-11-26)18(22(27)29)14-19-23(30)28(24(32)33-19)15-17-7-3-2-4-8-17/h2-9,14H,10-13,15H2,1H3/b19-14-. The summed E-state index contributed by atoms with van der Waals surface area (Å²) in [6, 6.07) is 13.5. The first-order valence-electron chi connectivity index (χ1n) is 10.7. The molecule has 2 aliphatic heterocycles. The van der Waals surface area contributed by atoms with Gasteiger partial charge in [0.1, 0.15) is 15.8 Å². The molecule has 9 heteroatoms. The zero-order chi connectivity index (χ0) is 22.9. The van der Waals surface area contributed by atoms with Crippen molar-refractivity contribution < 1.29 is 9.53 Å². The van der Waals surface area contributed by atoms with Crippen molar-refractivity contribution in [2.45, 2.75) is 13.5 Å². The minimum absolute atomic E-state index is 0.199. The lowest BCUT2D eigenvalue weighted by molar-refractivity contribution is -0.122. The number of hydrogen-bond donors (Lipinski definition) is 0. The monoisotopic (exact) mass is 478 g/mol. The molecule has 0 radical (unpaired) electrons. The third-order valence-electron chi connectivity index (χ3n) is 5.71. The Morgan fingerprint density at radius 1 is 1.12 bits per heavy atom. The van der Waals surface area contributed by atoms with Gasteiger partial charge in [0.25, 0.3) is 11.5 Å². The van der Waals surface area contributed by atoms with E-state index in [9.17, 15) is 9.59 Å². The maximum Gasteiger partial charge on any atom is 0.267 e. The highest BCUT2D eigenvalue weighted by Crippen LogP contribution is 2.34. The molecule has 33 heavy (non-hydrogen) atoms. The van der Waals surface area contributed by atoms with E-state index < -0.39 is 0 Å². The van der Waals surface area contributed by atoms with Gasteiger partial charge in [0.05, 0.1) is 30.2 Å². The number of morpholine rings is 1. The van der Waals surface area contributed by atoms with E-state index in [1.165, 1.54) is 16.2 Å². The minimum Gasteiger partial charge on any atom is -0.378 e. The van der Waals surface area contributed by atoms with E-state index in [2.05, 4.69) is 0 Å². The number of aryl methyl sites for hydroxylation is 1. The Morgan fingerprint density at radius 3 is 2.64 bits per heavy atom. The molecular weight excluding hydrogens is 456 g/mol. The van der Waals surface area contributed by atoms with Crippen molar-refractivity contribution in [2.24, 2.45) is 0 Å². The average Bonchev–Trinajstić information content (AvgIpc) is 3.10. The highest BCUT2D eigenvalue weighted by atomic mass is 32.2. The molecule has 0 saturated carbocycles. The van der Waals surface area contributed by atoms with Crippen LogP contribution in [-0.4, -0.2) is 50.8 Å². The van der Waals surface area contributed by atoms with E-state index in [0.29, 0.717) is 59.1 Å². The van der Waals surface area contributed by atoms with Gasteiger partial charge in [0.2, 0.25) is 0 Å². The van der Waals surface area contributed by atoms with Gasteiger partial charge in [-0.1, -0.05) is 60.4 Å². The van der Waals surface area contributed by atoms with Crippen LogP contribution in [0, 0.1) is 6.92 Å². The van der Waals surface area contributed by atoms with Crippen molar-refractivity contribution in [3.05, 3.63) is 80.6 Å². The van der Waals surface area contributed by atoms with Gasteiger partial charge in [-0.2, -0.15) is 0 Å².